The molecule has 0 saturated carbocycles. The van der Waals surface area contributed by atoms with Crippen molar-refractivity contribution in [1.29, 1.82) is 0 Å². The average molecular weight is 259 g/mol. The van der Waals surface area contributed by atoms with E-state index >= 15 is 0 Å². The zero-order chi connectivity index (χ0) is 12.5. The number of phenolic OH excluding ortho intramolecular Hbond substituents is 1. The number of hydrogen-bond donors (Lipinski definition) is 1. The molecule has 0 spiro atoms. The number of aryl methyl sites for hydroxylation is 1. The summed E-state index contributed by atoms with van der Waals surface area (Å²) in [6.45, 7) is 0. The monoisotopic (exact) mass is 258 g/mol. The highest BCUT2D eigenvalue weighted by molar-refractivity contribution is 6.32. The minimum Gasteiger partial charge on any atom is -0.506 e. The first-order chi connectivity index (χ1) is 8.77. The highest BCUT2D eigenvalue weighted by Crippen LogP contribution is 2.42. The predicted octanol–water partition coefficient (Wildman–Crippen LogP) is 4.51. The van der Waals surface area contributed by atoms with Crippen LogP contribution in [0.3, 0.4) is 0 Å². The van der Waals surface area contributed by atoms with Gasteiger partial charge < -0.3 is 5.11 Å². The van der Waals surface area contributed by atoms with Gasteiger partial charge >= 0.3 is 0 Å². The average Bonchev–Trinajstić information content (AvgIpc) is 2.41. The molecule has 2 aromatic rings. The third-order valence-electron chi connectivity index (χ3n) is 3.76. The molecule has 0 bridgehead atoms. The third-order valence-corrected chi connectivity index (χ3v) is 4.07. The molecule has 2 aromatic carbocycles. The quantitative estimate of drug-likeness (QED) is 0.798. The van der Waals surface area contributed by atoms with Crippen LogP contribution in [-0.2, 0) is 6.42 Å². The van der Waals surface area contributed by atoms with Gasteiger partial charge in [0.1, 0.15) is 5.75 Å². The van der Waals surface area contributed by atoms with Gasteiger partial charge in [0.2, 0.25) is 0 Å². The van der Waals surface area contributed by atoms with E-state index in [0.717, 1.165) is 24.8 Å². The number of rotatable bonds is 1. The standard InChI is InChI=1S/C16H15ClO/c17-15-10-4-9-14(16(15)18)13-8-3-6-11-5-1-2-7-12(11)13/h1-2,4-5,7,9-10,13,18H,3,6,8H2. The van der Waals surface area contributed by atoms with Crippen molar-refractivity contribution in [3.63, 3.8) is 0 Å². The second-order valence-electron chi connectivity index (χ2n) is 4.82. The van der Waals surface area contributed by atoms with Crippen LogP contribution >= 0.6 is 11.6 Å². The fourth-order valence-electron chi connectivity index (χ4n) is 2.89. The van der Waals surface area contributed by atoms with E-state index in [-0.39, 0.29) is 11.7 Å². The Morgan fingerprint density at radius 1 is 1.00 bits per heavy atom. The summed E-state index contributed by atoms with van der Waals surface area (Å²) < 4.78 is 0. The Kier molecular flexibility index (Phi) is 3.00. The number of halogens is 1. The lowest BCUT2D eigenvalue weighted by atomic mass is 9.79. The first-order valence-corrected chi connectivity index (χ1v) is 6.70. The van der Waals surface area contributed by atoms with Gasteiger partial charge in [-0.1, -0.05) is 48.0 Å². The summed E-state index contributed by atoms with van der Waals surface area (Å²) in [6, 6.07) is 14.1. The highest BCUT2D eigenvalue weighted by Gasteiger charge is 2.24. The van der Waals surface area contributed by atoms with Crippen molar-refractivity contribution in [2.24, 2.45) is 0 Å². The van der Waals surface area contributed by atoms with Gasteiger partial charge in [-0.05, 0) is 36.5 Å². The molecule has 0 aromatic heterocycles. The maximum Gasteiger partial charge on any atom is 0.137 e. The van der Waals surface area contributed by atoms with Crippen LogP contribution in [0, 0.1) is 0 Å². The number of phenols is 1. The van der Waals surface area contributed by atoms with Crippen molar-refractivity contribution < 1.29 is 5.11 Å². The van der Waals surface area contributed by atoms with Crippen LogP contribution in [0.2, 0.25) is 5.02 Å². The van der Waals surface area contributed by atoms with E-state index < -0.39 is 0 Å². The van der Waals surface area contributed by atoms with Gasteiger partial charge in [-0.3, -0.25) is 0 Å². The smallest absolute Gasteiger partial charge is 0.137 e. The topological polar surface area (TPSA) is 20.2 Å². The zero-order valence-corrected chi connectivity index (χ0v) is 10.8. The Morgan fingerprint density at radius 2 is 1.78 bits per heavy atom. The SMILES string of the molecule is Oc1c(Cl)cccc1C1CCCc2ccccc21. The first-order valence-electron chi connectivity index (χ1n) is 6.32. The summed E-state index contributed by atoms with van der Waals surface area (Å²) in [6.07, 6.45) is 3.37. The summed E-state index contributed by atoms with van der Waals surface area (Å²) >= 11 is 6.01. The van der Waals surface area contributed by atoms with E-state index in [9.17, 15) is 5.11 Å². The van der Waals surface area contributed by atoms with E-state index in [1.54, 1.807) is 6.07 Å². The highest BCUT2D eigenvalue weighted by atomic mass is 35.5. The van der Waals surface area contributed by atoms with Gasteiger partial charge in [0, 0.05) is 11.5 Å². The van der Waals surface area contributed by atoms with E-state index in [1.807, 2.05) is 12.1 Å². The molecule has 0 radical (unpaired) electrons. The Morgan fingerprint density at radius 3 is 2.67 bits per heavy atom. The largest absolute Gasteiger partial charge is 0.506 e. The van der Waals surface area contributed by atoms with Crippen LogP contribution < -0.4 is 0 Å². The molecule has 1 nitrogen and oxygen atoms in total. The van der Waals surface area contributed by atoms with Gasteiger partial charge in [0.25, 0.3) is 0 Å². The molecule has 1 atom stereocenters. The van der Waals surface area contributed by atoms with Crippen molar-refractivity contribution in [2.75, 3.05) is 0 Å². The molecule has 1 N–H and O–H groups in total. The molecular weight excluding hydrogens is 244 g/mol. The Bertz CT molecular complexity index is 577. The van der Waals surface area contributed by atoms with E-state index in [4.69, 9.17) is 11.6 Å². The lowest BCUT2D eigenvalue weighted by Crippen LogP contribution is -2.11. The van der Waals surface area contributed by atoms with Crippen molar-refractivity contribution >= 4 is 11.6 Å². The van der Waals surface area contributed by atoms with Gasteiger partial charge in [0.05, 0.1) is 5.02 Å². The number of benzene rings is 2. The molecule has 1 aliphatic carbocycles. The zero-order valence-electron chi connectivity index (χ0n) is 10.1. The molecule has 18 heavy (non-hydrogen) atoms. The minimum absolute atomic E-state index is 0.237. The van der Waals surface area contributed by atoms with Crippen molar-refractivity contribution in [3.8, 4) is 5.75 Å². The third kappa shape index (κ3) is 1.89. The molecule has 3 rings (SSSR count). The number of aromatic hydroxyl groups is 1. The maximum absolute atomic E-state index is 10.1. The fourth-order valence-corrected chi connectivity index (χ4v) is 3.07. The van der Waals surface area contributed by atoms with Crippen LogP contribution in [0.4, 0.5) is 0 Å². The summed E-state index contributed by atoms with van der Waals surface area (Å²) in [5.41, 5.74) is 3.68. The van der Waals surface area contributed by atoms with Crippen LogP contribution in [0.25, 0.3) is 0 Å². The first kappa shape index (κ1) is 11.6. The van der Waals surface area contributed by atoms with Crippen LogP contribution in [0.5, 0.6) is 5.75 Å². The minimum atomic E-state index is 0.237. The number of hydrogen-bond acceptors (Lipinski definition) is 1. The molecule has 0 aliphatic heterocycles. The lowest BCUT2D eigenvalue weighted by molar-refractivity contribution is 0.460. The van der Waals surface area contributed by atoms with E-state index in [2.05, 4.69) is 24.3 Å². The summed E-state index contributed by atoms with van der Waals surface area (Å²) in [7, 11) is 0. The Balaban J connectivity index is 2.11. The molecule has 92 valence electrons. The normalized spacial score (nSPS) is 18.4. The second-order valence-corrected chi connectivity index (χ2v) is 5.23. The Labute approximate surface area is 112 Å². The lowest BCUT2D eigenvalue weighted by Gasteiger charge is -2.26. The van der Waals surface area contributed by atoms with Gasteiger partial charge in [-0.15, -0.1) is 0 Å². The van der Waals surface area contributed by atoms with Crippen LogP contribution in [0.15, 0.2) is 42.5 Å². The number of fused-ring (bicyclic) bond motifs is 1. The van der Waals surface area contributed by atoms with Gasteiger partial charge in [0.15, 0.2) is 0 Å². The fraction of sp³-hybridized carbons (Fsp3) is 0.250. The van der Waals surface area contributed by atoms with Gasteiger partial charge in [-0.25, -0.2) is 0 Å². The molecule has 1 aliphatic rings. The van der Waals surface area contributed by atoms with Crippen molar-refractivity contribution in [1.82, 2.24) is 0 Å². The van der Waals surface area contributed by atoms with Crippen LogP contribution in [-0.4, -0.2) is 5.11 Å². The van der Waals surface area contributed by atoms with E-state index in [1.165, 1.54) is 11.1 Å². The van der Waals surface area contributed by atoms with Crippen molar-refractivity contribution in [3.05, 3.63) is 64.2 Å². The molecule has 0 fully saturated rings. The molecule has 2 heteroatoms. The number of para-hydroxylation sites is 1. The molecule has 1 unspecified atom stereocenters. The van der Waals surface area contributed by atoms with Gasteiger partial charge in [-0.2, -0.15) is 0 Å². The van der Waals surface area contributed by atoms with Crippen LogP contribution in [0.1, 0.15) is 35.4 Å². The summed E-state index contributed by atoms with van der Waals surface area (Å²) in [4.78, 5) is 0. The Hall–Kier alpha value is -1.47. The van der Waals surface area contributed by atoms with Crippen molar-refractivity contribution in [2.45, 2.75) is 25.2 Å². The molecule has 0 amide bonds. The predicted molar refractivity (Wildman–Crippen MR) is 74.3 cm³/mol. The molecule has 0 heterocycles. The summed E-state index contributed by atoms with van der Waals surface area (Å²) in [5.74, 6) is 0.509. The summed E-state index contributed by atoms with van der Waals surface area (Å²) in [5, 5.41) is 10.6. The maximum atomic E-state index is 10.1. The molecule has 0 saturated heterocycles. The second kappa shape index (κ2) is 4.66. The molecular formula is C16H15ClO. The van der Waals surface area contributed by atoms with E-state index in [0.29, 0.717) is 5.02 Å².